The van der Waals surface area contributed by atoms with Gasteiger partial charge in [-0.2, -0.15) is 0 Å². The van der Waals surface area contributed by atoms with Gasteiger partial charge in [0.25, 0.3) is 5.91 Å². The van der Waals surface area contributed by atoms with E-state index in [1.54, 1.807) is 30.7 Å². The third kappa shape index (κ3) is 2.40. The van der Waals surface area contributed by atoms with Crippen LogP contribution in [0.1, 0.15) is 10.4 Å². The molecular formula is C15H10BrN3O. The van der Waals surface area contributed by atoms with Crippen LogP contribution in [-0.4, -0.2) is 15.9 Å². The minimum absolute atomic E-state index is 0.189. The second-order valence-electron chi connectivity index (χ2n) is 4.22. The van der Waals surface area contributed by atoms with Gasteiger partial charge in [0.2, 0.25) is 0 Å². The van der Waals surface area contributed by atoms with Gasteiger partial charge in [-0.05, 0) is 34.1 Å². The van der Waals surface area contributed by atoms with E-state index in [0.29, 0.717) is 5.56 Å². The number of pyridine rings is 2. The van der Waals surface area contributed by atoms with Crippen molar-refractivity contribution in [1.82, 2.24) is 9.97 Å². The molecule has 1 amide bonds. The summed E-state index contributed by atoms with van der Waals surface area (Å²) in [5, 5.41) is 4.78. The van der Waals surface area contributed by atoms with Crippen LogP contribution in [-0.2, 0) is 0 Å². The van der Waals surface area contributed by atoms with E-state index in [9.17, 15) is 4.79 Å². The summed E-state index contributed by atoms with van der Waals surface area (Å²) >= 11 is 3.46. The summed E-state index contributed by atoms with van der Waals surface area (Å²) in [6.45, 7) is 0. The van der Waals surface area contributed by atoms with E-state index in [4.69, 9.17) is 0 Å². The summed E-state index contributed by atoms with van der Waals surface area (Å²) in [6, 6.07) is 9.18. The summed E-state index contributed by atoms with van der Waals surface area (Å²) in [7, 11) is 0. The normalized spacial score (nSPS) is 10.4. The number of carbonyl (C=O) groups is 1. The molecule has 0 saturated heterocycles. The molecule has 0 spiro atoms. The average molecular weight is 328 g/mol. The third-order valence-corrected chi connectivity index (χ3v) is 3.56. The van der Waals surface area contributed by atoms with Gasteiger partial charge < -0.3 is 5.32 Å². The molecule has 0 aliphatic carbocycles. The summed E-state index contributed by atoms with van der Waals surface area (Å²) in [5.41, 5.74) is 1.25. The van der Waals surface area contributed by atoms with Crippen LogP contribution in [0.3, 0.4) is 0 Å². The van der Waals surface area contributed by atoms with Gasteiger partial charge in [-0.25, -0.2) is 0 Å². The molecule has 0 saturated carbocycles. The van der Waals surface area contributed by atoms with Crippen molar-refractivity contribution >= 4 is 38.3 Å². The highest BCUT2D eigenvalue weighted by Crippen LogP contribution is 2.28. The number of carbonyl (C=O) groups excluding carboxylic acids is 1. The van der Waals surface area contributed by atoms with Gasteiger partial charge in [-0.3, -0.25) is 14.8 Å². The van der Waals surface area contributed by atoms with Crippen LogP contribution in [0, 0.1) is 0 Å². The number of benzene rings is 1. The van der Waals surface area contributed by atoms with Crippen LogP contribution < -0.4 is 5.32 Å². The molecule has 1 N–H and O–H groups in total. The number of hydrogen-bond acceptors (Lipinski definition) is 3. The molecule has 3 aromatic rings. The maximum absolute atomic E-state index is 12.2. The minimum Gasteiger partial charge on any atom is -0.321 e. The van der Waals surface area contributed by atoms with Crippen molar-refractivity contribution < 1.29 is 4.79 Å². The van der Waals surface area contributed by atoms with Crippen molar-refractivity contribution in [3.05, 3.63) is 65.2 Å². The first-order chi connectivity index (χ1) is 9.75. The number of fused-ring (bicyclic) bond motifs is 1. The topological polar surface area (TPSA) is 54.9 Å². The fourth-order valence-corrected chi connectivity index (χ4v) is 2.42. The molecule has 0 aliphatic rings. The Labute approximate surface area is 124 Å². The van der Waals surface area contributed by atoms with E-state index >= 15 is 0 Å². The number of nitrogens with one attached hydrogen (secondary N) is 1. The molecule has 20 heavy (non-hydrogen) atoms. The van der Waals surface area contributed by atoms with Gasteiger partial charge in [-0.15, -0.1) is 0 Å². The fourth-order valence-electron chi connectivity index (χ4n) is 1.96. The summed E-state index contributed by atoms with van der Waals surface area (Å²) in [4.78, 5) is 20.2. The van der Waals surface area contributed by atoms with E-state index in [2.05, 4.69) is 31.2 Å². The Morgan fingerprint density at radius 1 is 1.00 bits per heavy atom. The van der Waals surface area contributed by atoms with Crippen molar-refractivity contribution in [2.75, 3.05) is 5.32 Å². The zero-order valence-electron chi connectivity index (χ0n) is 10.4. The standard InChI is InChI=1S/C15H10BrN3O/c16-13-9-18-8-12-11(13)4-1-5-14(12)19-15(20)10-3-2-6-17-7-10/h1-9H,(H,19,20). The summed E-state index contributed by atoms with van der Waals surface area (Å²) in [6.07, 6.45) is 6.64. The number of rotatable bonds is 2. The number of nitrogens with zero attached hydrogens (tertiary/aromatic N) is 2. The quantitative estimate of drug-likeness (QED) is 0.781. The third-order valence-electron chi connectivity index (χ3n) is 2.93. The first-order valence-corrected chi connectivity index (χ1v) is 6.78. The van der Waals surface area contributed by atoms with E-state index in [0.717, 1.165) is 20.9 Å². The van der Waals surface area contributed by atoms with Gasteiger partial charge in [0.15, 0.2) is 0 Å². The zero-order chi connectivity index (χ0) is 13.9. The lowest BCUT2D eigenvalue weighted by Gasteiger charge is -2.09. The molecule has 5 heteroatoms. The predicted molar refractivity (Wildman–Crippen MR) is 81.6 cm³/mol. The molecule has 2 heterocycles. The smallest absolute Gasteiger partial charge is 0.257 e. The van der Waals surface area contributed by atoms with Crippen LogP contribution in [0.2, 0.25) is 0 Å². The highest BCUT2D eigenvalue weighted by molar-refractivity contribution is 9.10. The first kappa shape index (κ1) is 12.7. The van der Waals surface area contributed by atoms with Gasteiger partial charge >= 0.3 is 0 Å². The van der Waals surface area contributed by atoms with Crippen LogP contribution in [0.4, 0.5) is 5.69 Å². The fraction of sp³-hybridized carbons (Fsp3) is 0. The van der Waals surface area contributed by atoms with E-state index in [1.165, 1.54) is 6.20 Å². The molecule has 3 rings (SSSR count). The number of halogens is 1. The van der Waals surface area contributed by atoms with Crippen molar-refractivity contribution in [1.29, 1.82) is 0 Å². The Morgan fingerprint density at radius 3 is 2.70 bits per heavy atom. The molecule has 0 bridgehead atoms. The number of anilines is 1. The van der Waals surface area contributed by atoms with Gasteiger partial charge in [-0.1, -0.05) is 12.1 Å². The lowest BCUT2D eigenvalue weighted by atomic mass is 10.1. The van der Waals surface area contributed by atoms with Crippen molar-refractivity contribution in [3.63, 3.8) is 0 Å². The van der Waals surface area contributed by atoms with Gasteiger partial charge in [0.1, 0.15) is 0 Å². The highest BCUT2D eigenvalue weighted by Gasteiger charge is 2.09. The molecule has 1 aromatic carbocycles. The molecule has 0 unspecified atom stereocenters. The molecule has 0 atom stereocenters. The second-order valence-corrected chi connectivity index (χ2v) is 5.07. The SMILES string of the molecule is O=C(Nc1cccc2c(Br)cncc12)c1cccnc1. The zero-order valence-corrected chi connectivity index (χ0v) is 12.0. The summed E-state index contributed by atoms with van der Waals surface area (Å²) < 4.78 is 0.896. The molecule has 0 aliphatic heterocycles. The Balaban J connectivity index is 2.00. The Hall–Kier alpha value is -2.27. The minimum atomic E-state index is -0.189. The second kappa shape index (κ2) is 5.38. The van der Waals surface area contributed by atoms with Crippen LogP contribution in [0.5, 0.6) is 0 Å². The van der Waals surface area contributed by atoms with Crippen molar-refractivity contribution in [2.45, 2.75) is 0 Å². The first-order valence-electron chi connectivity index (χ1n) is 5.99. The maximum Gasteiger partial charge on any atom is 0.257 e. The van der Waals surface area contributed by atoms with Crippen molar-refractivity contribution in [3.8, 4) is 0 Å². The van der Waals surface area contributed by atoms with Gasteiger partial charge in [0.05, 0.1) is 11.3 Å². The predicted octanol–water partition coefficient (Wildman–Crippen LogP) is 3.64. The Morgan fingerprint density at radius 2 is 1.90 bits per heavy atom. The number of hydrogen-bond donors (Lipinski definition) is 1. The molecule has 2 aromatic heterocycles. The summed E-state index contributed by atoms with van der Waals surface area (Å²) in [5.74, 6) is -0.189. The monoisotopic (exact) mass is 327 g/mol. The van der Waals surface area contributed by atoms with Gasteiger partial charge in [0, 0.05) is 40.0 Å². The van der Waals surface area contributed by atoms with Crippen molar-refractivity contribution in [2.24, 2.45) is 0 Å². The molecule has 4 nitrogen and oxygen atoms in total. The van der Waals surface area contributed by atoms with E-state index < -0.39 is 0 Å². The number of amides is 1. The average Bonchev–Trinajstić information content (AvgIpc) is 2.49. The molecular weight excluding hydrogens is 318 g/mol. The number of aromatic nitrogens is 2. The molecule has 0 fully saturated rings. The highest BCUT2D eigenvalue weighted by atomic mass is 79.9. The molecule has 98 valence electrons. The molecule has 0 radical (unpaired) electrons. The largest absolute Gasteiger partial charge is 0.321 e. The Bertz CT molecular complexity index is 774. The Kier molecular flexibility index (Phi) is 3.43. The van der Waals surface area contributed by atoms with Crippen LogP contribution in [0.25, 0.3) is 10.8 Å². The lowest BCUT2D eigenvalue weighted by molar-refractivity contribution is 0.102. The lowest BCUT2D eigenvalue weighted by Crippen LogP contribution is -2.12. The maximum atomic E-state index is 12.2. The van der Waals surface area contributed by atoms with E-state index in [-0.39, 0.29) is 5.91 Å². The van der Waals surface area contributed by atoms with Crippen LogP contribution in [0.15, 0.2) is 59.6 Å². The van der Waals surface area contributed by atoms with E-state index in [1.807, 2.05) is 18.2 Å². The van der Waals surface area contributed by atoms with Crippen LogP contribution >= 0.6 is 15.9 Å².